The Morgan fingerprint density at radius 2 is 2.17 bits per heavy atom. The largest absolute Gasteiger partial charge is 0.316 e. The summed E-state index contributed by atoms with van der Waals surface area (Å²) in [6.07, 6.45) is 5.29. The normalized spacial score (nSPS) is 18.1. The fourth-order valence-corrected chi connectivity index (χ4v) is 2.93. The first kappa shape index (κ1) is 13.6. The van der Waals surface area contributed by atoms with Crippen molar-refractivity contribution in [2.75, 3.05) is 13.1 Å². The molecular weight excluding hydrogens is 222 g/mol. The molecule has 0 spiro atoms. The highest BCUT2D eigenvalue weighted by Gasteiger charge is 2.37. The van der Waals surface area contributed by atoms with Crippen molar-refractivity contribution >= 4 is 0 Å². The summed E-state index contributed by atoms with van der Waals surface area (Å²) in [6, 6.07) is 2.24. The number of hydrogen-bond acceptors (Lipinski definition) is 2. The van der Waals surface area contributed by atoms with Crippen LogP contribution in [0.2, 0.25) is 0 Å². The Kier molecular flexibility index (Phi) is 4.10. The van der Waals surface area contributed by atoms with Crippen LogP contribution in [0.15, 0.2) is 6.07 Å². The lowest BCUT2D eigenvalue weighted by molar-refractivity contribution is 0.126. The third-order valence-electron chi connectivity index (χ3n) is 4.12. The summed E-state index contributed by atoms with van der Waals surface area (Å²) in [5, 5.41) is 8.10. The van der Waals surface area contributed by atoms with Crippen LogP contribution in [0.25, 0.3) is 0 Å². The predicted octanol–water partition coefficient (Wildman–Crippen LogP) is 2.69. The minimum absolute atomic E-state index is 0.495. The van der Waals surface area contributed by atoms with E-state index in [1.165, 1.54) is 31.4 Å². The van der Waals surface area contributed by atoms with Crippen molar-refractivity contribution < 1.29 is 0 Å². The molecule has 1 N–H and O–H groups in total. The number of nitrogens with zero attached hydrogens (tertiary/aromatic N) is 2. The van der Waals surface area contributed by atoms with Crippen LogP contribution < -0.4 is 5.32 Å². The summed E-state index contributed by atoms with van der Waals surface area (Å²) in [6.45, 7) is 8.91. The Morgan fingerprint density at radius 1 is 1.44 bits per heavy atom. The quantitative estimate of drug-likeness (QED) is 0.840. The van der Waals surface area contributed by atoms with Crippen LogP contribution in [-0.2, 0) is 13.5 Å². The molecule has 0 saturated heterocycles. The Morgan fingerprint density at radius 3 is 2.61 bits per heavy atom. The maximum atomic E-state index is 4.46. The van der Waals surface area contributed by atoms with Gasteiger partial charge >= 0.3 is 0 Å². The molecule has 0 amide bonds. The number of nitrogens with one attached hydrogen (secondary N) is 1. The van der Waals surface area contributed by atoms with Gasteiger partial charge in [-0.3, -0.25) is 4.68 Å². The third kappa shape index (κ3) is 3.14. The van der Waals surface area contributed by atoms with E-state index in [2.05, 4.69) is 49.0 Å². The van der Waals surface area contributed by atoms with Crippen molar-refractivity contribution in [1.82, 2.24) is 15.1 Å². The van der Waals surface area contributed by atoms with Crippen LogP contribution in [0.3, 0.4) is 0 Å². The average Bonchev–Trinajstić information content (AvgIpc) is 2.53. The molecule has 18 heavy (non-hydrogen) atoms. The van der Waals surface area contributed by atoms with Crippen molar-refractivity contribution in [3.63, 3.8) is 0 Å². The van der Waals surface area contributed by atoms with Crippen LogP contribution in [0.1, 0.15) is 44.5 Å². The zero-order chi connectivity index (χ0) is 13.2. The van der Waals surface area contributed by atoms with Gasteiger partial charge in [-0.15, -0.1) is 0 Å². The molecule has 0 unspecified atom stereocenters. The van der Waals surface area contributed by atoms with Crippen molar-refractivity contribution in [2.45, 2.75) is 46.5 Å². The highest BCUT2D eigenvalue weighted by Crippen LogP contribution is 2.43. The fraction of sp³-hybridized carbons (Fsp3) is 0.800. The van der Waals surface area contributed by atoms with Gasteiger partial charge in [-0.2, -0.15) is 5.10 Å². The van der Waals surface area contributed by atoms with Gasteiger partial charge in [0, 0.05) is 19.3 Å². The lowest BCUT2D eigenvalue weighted by Crippen LogP contribution is -2.43. The second kappa shape index (κ2) is 5.43. The topological polar surface area (TPSA) is 29.9 Å². The molecule has 1 fully saturated rings. The Hall–Kier alpha value is -0.830. The Labute approximate surface area is 111 Å². The summed E-state index contributed by atoms with van der Waals surface area (Å²) in [7, 11) is 2.07. The smallest absolute Gasteiger partial charge is 0.0596 e. The summed E-state index contributed by atoms with van der Waals surface area (Å²) in [5.41, 5.74) is 3.02. The number of rotatable bonds is 6. The molecule has 1 aliphatic carbocycles. The van der Waals surface area contributed by atoms with E-state index >= 15 is 0 Å². The fourth-order valence-electron chi connectivity index (χ4n) is 2.93. The van der Waals surface area contributed by atoms with Crippen LogP contribution in [0.4, 0.5) is 0 Å². The molecule has 2 rings (SSSR count). The highest BCUT2D eigenvalue weighted by molar-refractivity contribution is 5.12. The molecule has 1 aromatic heterocycles. The van der Waals surface area contributed by atoms with E-state index in [1.54, 1.807) is 0 Å². The van der Waals surface area contributed by atoms with Gasteiger partial charge in [0.15, 0.2) is 0 Å². The lowest BCUT2D eigenvalue weighted by Gasteiger charge is -2.42. The van der Waals surface area contributed by atoms with Crippen molar-refractivity contribution in [3.8, 4) is 0 Å². The van der Waals surface area contributed by atoms with Gasteiger partial charge in [-0.25, -0.2) is 0 Å². The first-order valence-electron chi connectivity index (χ1n) is 7.21. The Bertz CT molecular complexity index is 388. The molecule has 0 aliphatic heterocycles. The first-order chi connectivity index (χ1) is 8.51. The molecule has 0 bridgehead atoms. The highest BCUT2D eigenvalue weighted by atomic mass is 15.3. The minimum atomic E-state index is 0.495. The molecule has 1 heterocycles. The van der Waals surface area contributed by atoms with Gasteiger partial charge < -0.3 is 5.32 Å². The number of hydrogen-bond donors (Lipinski definition) is 1. The van der Waals surface area contributed by atoms with Crippen molar-refractivity contribution in [3.05, 3.63) is 17.5 Å². The van der Waals surface area contributed by atoms with E-state index in [1.807, 2.05) is 0 Å². The monoisotopic (exact) mass is 249 g/mol. The Balaban J connectivity index is 1.93. The van der Waals surface area contributed by atoms with E-state index in [-0.39, 0.29) is 0 Å². The third-order valence-corrected chi connectivity index (χ3v) is 4.12. The zero-order valence-electron chi connectivity index (χ0n) is 12.3. The maximum absolute atomic E-state index is 4.46. The maximum Gasteiger partial charge on any atom is 0.0596 e. The predicted molar refractivity (Wildman–Crippen MR) is 75.6 cm³/mol. The van der Waals surface area contributed by atoms with Crippen LogP contribution in [-0.4, -0.2) is 22.9 Å². The van der Waals surface area contributed by atoms with Crippen LogP contribution >= 0.6 is 0 Å². The molecule has 1 saturated carbocycles. The molecule has 3 heteroatoms. The van der Waals surface area contributed by atoms with E-state index < -0.39 is 0 Å². The standard InChI is InChI=1S/C15H27N3/c1-12(2)10-16-11-15(6-5-7-15)9-14-8-13(3)17-18(14)4/h8,12,16H,5-7,9-11H2,1-4H3. The van der Waals surface area contributed by atoms with E-state index in [4.69, 9.17) is 0 Å². The SMILES string of the molecule is Cc1cc(CC2(CNCC(C)C)CCC2)n(C)n1. The van der Waals surface area contributed by atoms with Gasteiger partial charge in [0.2, 0.25) is 0 Å². The van der Waals surface area contributed by atoms with Crippen molar-refractivity contribution in [1.29, 1.82) is 0 Å². The molecule has 1 aliphatic rings. The van der Waals surface area contributed by atoms with Crippen molar-refractivity contribution in [2.24, 2.45) is 18.4 Å². The van der Waals surface area contributed by atoms with Gasteiger partial charge in [0.1, 0.15) is 0 Å². The summed E-state index contributed by atoms with van der Waals surface area (Å²) >= 11 is 0. The van der Waals surface area contributed by atoms with Crippen LogP contribution in [0.5, 0.6) is 0 Å². The van der Waals surface area contributed by atoms with E-state index in [0.717, 1.165) is 24.7 Å². The second-order valence-electron chi connectivity index (χ2n) is 6.46. The molecule has 0 aromatic carbocycles. The van der Waals surface area contributed by atoms with E-state index in [0.29, 0.717) is 5.41 Å². The van der Waals surface area contributed by atoms with Gasteiger partial charge in [-0.05, 0) is 50.1 Å². The molecule has 102 valence electrons. The molecular formula is C15H27N3. The van der Waals surface area contributed by atoms with Gasteiger partial charge in [-0.1, -0.05) is 20.3 Å². The molecule has 0 radical (unpaired) electrons. The zero-order valence-corrected chi connectivity index (χ0v) is 12.3. The number of aromatic nitrogens is 2. The minimum Gasteiger partial charge on any atom is -0.316 e. The second-order valence-corrected chi connectivity index (χ2v) is 6.46. The summed E-state index contributed by atoms with van der Waals surface area (Å²) in [4.78, 5) is 0. The molecule has 0 atom stereocenters. The average molecular weight is 249 g/mol. The molecule has 3 nitrogen and oxygen atoms in total. The van der Waals surface area contributed by atoms with E-state index in [9.17, 15) is 0 Å². The molecule has 1 aromatic rings. The summed E-state index contributed by atoms with van der Waals surface area (Å²) in [5.74, 6) is 0.737. The van der Waals surface area contributed by atoms with Gasteiger partial charge in [0.05, 0.1) is 5.69 Å². The van der Waals surface area contributed by atoms with Gasteiger partial charge in [0.25, 0.3) is 0 Å². The number of aryl methyl sites for hydroxylation is 2. The summed E-state index contributed by atoms with van der Waals surface area (Å²) < 4.78 is 2.05. The lowest BCUT2D eigenvalue weighted by atomic mass is 9.66. The first-order valence-corrected chi connectivity index (χ1v) is 7.21. The van der Waals surface area contributed by atoms with Crippen LogP contribution in [0, 0.1) is 18.3 Å².